The average molecular weight is 219 g/mol. The Morgan fingerprint density at radius 2 is 1.73 bits per heavy atom. The molecule has 2 atom stereocenters. The number of hydrogen-bond acceptors (Lipinski definition) is 1. The number of rotatable bonds is 2. The van der Waals surface area contributed by atoms with Crippen molar-refractivity contribution >= 4 is 8.58 Å². The van der Waals surface area contributed by atoms with Crippen LogP contribution in [0.3, 0.4) is 0 Å². The summed E-state index contributed by atoms with van der Waals surface area (Å²) >= 11 is 0. The molecule has 2 heteroatoms. The van der Waals surface area contributed by atoms with Crippen LogP contribution in [0.5, 0.6) is 0 Å². The minimum atomic E-state index is 1.03. The topological polar surface area (TPSA) is 3.24 Å². The lowest BCUT2D eigenvalue weighted by atomic mass is 10.0. The Labute approximate surface area is 93.6 Å². The molecule has 2 unspecified atom stereocenters. The van der Waals surface area contributed by atoms with Crippen molar-refractivity contribution < 1.29 is 0 Å². The van der Waals surface area contributed by atoms with Crippen molar-refractivity contribution in [1.82, 2.24) is 4.90 Å². The lowest BCUT2D eigenvalue weighted by Crippen LogP contribution is -2.21. The van der Waals surface area contributed by atoms with Crippen LogP contribution in [0.1, 0.15) is 5.56 Å². The van der Waals surface area contributed by atoms with Gasteiger partial charge in [-0.25, -0.2) is 0 Å². The zero-order chi connectivity index (χ0) is 10.1. The van der Waals surface area contributed by atoms with Gasteiger partial charge >= 0.3 is 0 Å². The summed E-state index contributed by atoms with van der Waals surface area (Å²) in [4.78, 5) is 2.65. The Kier molecular flexibility index (Phi) is 2.77. The van der Waals surface area contributed by atoms with E-state index in [1.165, 1.54) is 39.6 Å². The molecule has 1 aromatic carbocycles. The molecular weight excluding hydrogens is 201 g/mol. The third-order valence-electron chi connectivity index (χ3n) is 3.71. The van der Waals surface area contributed by atoms with Gasteiger partial charge in [0.25, 0.3) is 0 Å². The molecule has 0 radical (unpaired) electrons. The fourth-order valence-corrected chi connectivity index (χ4v) is 4.76. The second-order valence-corrected chi connectivity index (χ2v) is 6.17. The van der Waals surface area contributed by atoms with Gasteiger partial charge in [-0.2, -0.15) is 0 Å². The Balaban J connectivity index is 1.62. The highest BCUT2D eigenvalue weighted by molar-refractivity contribution is 7.38. The van der Waals surface area contributed by atoms with Crippen LogP contribution in [-0.4, -0.2) is 30.3 Å². The highest BCUT2D eigenvalue weighted by atomic mass is 31.1. The van der Waals surface area contributed by atoms with Crippen molar-refractivity contribution in [2.75, 3.05) is 25.4 Å². The van der Waals surface area contributed by atoms with E-state index in [2.05, 4.69) is 35.2 Å². The molecule has 0 aliphatic carbocycles. The maximum absolute atomic E-state index is 2.65. The number of nitrogens with zero attached hydrogens (tertiary/aromatic N) is 1. The van der Waals surface area contributed by atoms with E-state index in [1.54, 1.807) is 0 Å². The van der Waals surface area contributed by atoms with Crippen molar-refractivity contribution in [3.63, 3.8) is 0 Å². The standard InChI is InChI=1S/C13H18NP/c1-2-4-11(5-3-1)6-14-7-12-9-15-10-13(12)8-14/h1-5,12-13,15H,6-10H2. The van der Waals surface area contributed by atoms with Crippen LogP contribution < -0.4 is 0 Å². The van der Waals surface area contributed by atoms with Crippen molar-refractivity contribution in [3.8, 4) is 0 Å². The third-order valence-corrected chi connectivity index (χ3v) is 5.34. The molecule has 15 heavy (non-hydrogen) atoms. The summed E-state index contributed by atoms with van der Waals surface area (Å²) in [6.07, 6.45) is 3.02. The third kappa shape index (κ3) is 2.09. The minimum Gasteiger partial charge on any atom is -0.298 e. The summed E-state index contributed by atoms with van der Waals surface area (Å²) in [6, 6.07) is 10.9. The quantitative estimate of drug-likeness (QED) is 0.690. The van der Waals surface area contributed by atoms with Gasteiger partial charge in [0, 0.05) is 19.6 Å². The molecule has 1 aromatic rings. The first-order valence-electron chi connectivity index (χ1n) is 5.89. The highest BCUT2D eigenvalue weighted by Gasteiger charge is 2.35. The maximum Gasteiger partial charge on any atom is 0.0233 e. The Hall–Kier alpha value is -0.390. The molecule has 0 bridgehead atoms. The maximum atomic E-state index is 2.65. The van der Waals surface area contributed by atoms with Crippen molar-refractivity contribution in [1.29, 1.82) is 0 Å². The molecule has 1 nitrogen and oxygen atoms in total. The first-order valence-corrected chi connectivity index (χ1v) is 7.30. The van der Waals surface area contributed by atoms with Crippen LogP contribution >= 0.6 is 8.58 Å². The van der Waals surface area contributed by atoms with E-state index >= 15 is 0 Å². The van der Waals surface area contributed by atoms with E-state index in [4.69, 9.17) is 0 Å². The Morgan fingerprint density at radius 3 is 2.40 bits per heavy atom. The molecule has 0 amide bonds. The molecule has 3 rings (SSSR count). The van der Waals surface area contributed by atoms with Gasteiger partial charge in [-0.3, -0.25) is 4.90 Å². The van der Waals surface area contributed by atoms with E-state index in [1.807, 2.05) is 0 Å². The number of fused-ring (bicyclic) bond motifs is 1. The summed E-state index contributed by atoms with van der Waals surface area (Å²) < 4.78 is 0. The van der Waals surface area contributed by atoms with Crippen LogP contribution in [0, 0.1) is 11.8 Å². The van der Waals surface area contributed by atoms with E-state index in [-0.39, 0.29) is 0 Å². The number of hydrogen-bond donors (Lipinski definition) is 0. The molecular formula is C13H18NP. The van der Waals surface area contributed by atoms with Crippen LogP contribution in [0.2, 0.25) is 0 Å². The van der Waals surface area contributed by atoms with Crippen molar-refractivity contribution in [2.24, 2.45) is 11.8 Å². The second kappa shape index (κ2) is 4.23. The molecule has 0 spiro atoms. The van der Waals surface area contributed by atoms with E-state index in [9.17, 15) is 0 Å². The molecule has 0 N–H and O–H groups in total. The Morgan fingerprint density at radius 1 is 1.07 bits per heavy atom. The van der Waals surface area contributed by atoms with Gasteiger partial charge < -0.3 is 0 Å². The summed E-state index contributed by atoms with van der Waals surface area (Å²) in [5.41, 5.74) is 1.47. The van der Waals surface area contributed by atoms with Crippen LogP contribution in [0.4, 0.5) is 0 Å². The van der Waals surface area contributed by atoms with Gasteiger partial charge in [0.05, 0.1) is 0 Å². The summed E-state index contributed by atoms with van der Waals surface area (Å²) in [5.74, 6) is 2.07. The Bertz CT molecular complexity index is 313. The largest absolute Gasteiger partial charge is 0.298 e. The summed E-state index contributed by atoms with van der Waals surface area (Å²) in [6.45, 7) is 3.87. The van der Waals surface area contributed by atoms with Gasteiger partial charge in [-0.05, 0) is 29.7 Å². The molecule has 2 fully saturated rings. The average Bonchev–Trinajstić information content (AvgIpc) is 2.79. The number of likely N-dealkylation sites (tertiary alicyclic amines) is 1. The highest BCUT2D eigenvalue weighted by Crippen LogP contribution is 2.39. The zero-order valence-electron chi connectivity index (χ0n) is 9.02. The molecule has 0 aromatic heterocycles. The lowest BCUT2D eigenvalue weighted by molar-refractivity contribution is 0.316. The molecule has 80 valence electrons. The lowest BCUT2D eigenvalue weighted by Gasteiger charge is -2.16. The van der Waals surface area contributed by atoms with Gasteiger partial charge in [0.15, 0.2) is 0 Å². The second-order valence-electron chi connectivity index (χ2n) is 4.86. The minimum absolute atomic E-state index is 1.03. The molecule has 2 saturated heterocycles. The molecule has 2 aliphatic heterocycles. The first-order chi connectivity index (χ1) is 7.42. The fraction of sp³-hybridized carbons (Fsp3) is 0.538. The monoisotopic (exact) mass is 219 g/mol. The van der Waals surface area contributed by atoms with Crippen LogP contribution in [0.25, 0.3) is 0 Å². The summed E-state index contributed by atoms with van der Waals surface area (Å²) in [5, 5.41) is 0. The van der Waals surface area contributed by atoms with Crippen LogP contribution in [0.15, 0.2) is 30.3 Å². The van der Waals surface area contributed by atoms with E-state index in [0.29, 0.717) is 0 Å². The SMILES string of the molecule is c1ccc(CN2CC3CPCC3C2)cc1. The molecule has 2 aliphatic rings. The normalized spacial score (nSPS) is 32.3. The van der Waals surface area contributed by atoms with E-state index in [0.717, 1.165) is 18.4 Å². The smallest absolute Gasteiger partial charge is 0.0233 e. The fourth-order valence-electron chi connectivity index (χ4n) is 2.92. The zero-order valence-corrected chi connectivity index (χ0v) is 10.0. The van der Waals surface area contributed by atoms with Gasteiger partial charge in [0.2, 0.25) is 0 Å². The van der Waals surface area contributed by atoms with E-state index < -0.39 is 0 Å². The molecule has 2 heterocycles. The predicted octanol–water partition coefficient (Wildman–Crippen LogP) is 2.43. The van der Waals surface area contributed by atoms with Crippen LogP contribution in [-0.2, 0) is 6.54 Å². The molecule has 0 saturated carbocycles. The first kappa shape index (κ1) is 9.81. The predicted molar refractivity (Wildman–Crippen MR) is 66.7 cm³/mol. The summed E-state index contributed by atoms with van der Waals surface area (Å²) in [7, 11) is 1.26. The van der Waals surface area contributed by atoms with Gasteiger partial charge in [-0.1, -0.05) is 30.3 Å². The van der Waals surface area contributed by atoms with Crippen molar-refractivity contribution in [2.45, 2.75) is 6.54 Å². The van der Waals surface area contributed by atoms with Gasteiger partial charge in [0.1, 0.15) is 0 Å². The van der Waals surface area contributed by atoms with Gasteiger partial charge in [-0.15, -0.1) is 8.58 Å². The van der Waals surface area contributed by atoms with Crippen molar-refractivity contribution in [3.05, 3.63) is 35.9 Å². The number of benzene rings is 1.